The minimum absolute atomic E-state index is 0.0000454. The Morgan fingerprint density at radius 2 is 2.06 bits per heavy atom. The highest BCUT2D eigenvalue weighted by Gasteiger charge is 2.13. The predicted molar refractivity (Wildman–Crippen MR) is 63.2 cm³/mol. The van der Waals surface area contributed by atoms with Gasteiger partial charge in [0.05, 0.1) is 17.9 Å². The SMILES string of the molecule is Cc1c(OC(C)C)cc(-c2ccco2)oc1=O. The molecule has 0 fully saturated rings. The van der Waals surface area contributed by atoms with Gasteiger partial charge in [-0.1, -0.05) is 0 Å². The second-order valence-corrected chi connectivity index (χ2v) is 4.03. The summed E-state index contributed by atoms with van der Waals surface area (Å²) in [5.74, 6) is 1.42. The summed E-state index contributed by atoms with van der Waals surface area (Å²) in [6, 6.07) is 5.14. The van der Waals surface area contributed by atoms with Gasteiger partial charge in [-0.15, -0.1) is 0 Å². The van der Waals surface area contributed by atoms with E-state index in [1.165, 1.54) is 6.26 Å². The molecule has 4 nitrogen and oxygen atoms in total. The Balaban J connectivity index is 2.50. The van der Waals surface area contributed by atoms with Crippen molar-refractivity contribution in [2.45, 2.75) is 26.9 Å². The zero-order valence-electron chi connectivity index (χ0n) is 10.0. The van der Waals surface area contributed by atoms with Crippen LogP contribution in [0.1, 0.15) is 19.4 Å². The van der Waals surface area contributed by atoms with Crippen LogP contribution in [-0.4, -0.2) is 6.10 Å². The number of furan rings is 1. The molecule has 0 atom stereocenters. The summed E-state index contributed by atoms with van der Waals surface area (Å²) in [5, 5.41) is 0. The van der Waals surface area contributed by atoms with E-state index in [4.69, 9.17) is 13.6 Å². The predicted octanol–water partition coefficient (Wildman–Crippen LogP) is 3.00. The standard InChI is InChI=1S/C13H14O4/c1-8(2)16-11-7-12(10-5-4-6-15-10)17-13(14)9(11)3/h4-8H,1-3H3. The Hall–Kier alpha value is -1.97. The molecular weight excluding hydrogens is 220 g/mol. The van der Waals surface area contributed by atoms with E-state index in [1.807, 2.05) is 13.8 Å². The molecule has 2 aromatic heterocycles. The third-order valence-corrected chi connectivity index (χ3v) is 2.27. The zero-order valence-corrected chi connectivity index (χ0v) is 10.0. The molecule has 2 heterocycles. The van der Waals surface area contributed by atoms with Gasteiger partial charge >= 0.3 is 5.63 Å². The molecule has 0 unspecified atom stereocenters. The summed E-state index contributed by atoms with van der Waals surface area (Å²) in [6.07, 6.45) is 1.53. The molecule has 0 aromatic carbocycles. The number of ether oxygens (including phenoxy) is 1. The highest BCUT2D eigenvalue weighted by Crippen LogP contribution is 2.25. The fourth-order valence-electron chi connectivity index (χ4n) is 1.45. The van der Waals surface area contributed by atoms with Gasteiger partial charge in [0.2, 0.25) is 0 Å². The Morgan fingerprint density at radius 1 is 1.29 bits per heavy atom. The third-order valence-electron chi connectivity index (χ3n) is 2.27. The lowest BCUT2D eigenvalue weighted by Gasteiger charge is -2.11. The average molecular weight is 234 g/mol. The van der Waals surface area contributed by atoms with Crippen molar-refractivity contribution in [1.82, 2.24) is 0 Å². The molecule has 0 amide bonds. The average Bonchev–Trinajstić information content (AvgIpc) is 2.77. The Labute approximate surface area is 98.8 Å². The summed E-state index contributed by atoms with van der Waals surface area (Å²) in [6.45, 7) is 5.48. The van der Waals surface area contributed by atoms with Gasteiger partial charge < -0.3 is 13.6 Å². The van der Waals surface area contributed by atoms with E-state index in [2.05, 4.69) is 0 Å². The smallest absolute Gasteiger partial charge is 0.343 e. The van der Waals surface area contributed by atoms with E-state index in [1.54, 1.807) is 25.1 Å². The van der Waals surface area contributed by atoms with Crippen LogP contribution in [0.4, 0.5) is 0 Å². The summed E-state index contributed by atoms with van der Waals surface area (Å²) in [5.41, 5.74) is 0.0588. The minimum Gasteiger partial charge on any atom is -0.490 e. The third kappa shape index (κ3) is 2.41. The van der Waals surface area contributed by atoms with Gasteiger partial charge in [-0.05, 0) is 32.9 Å². The first-order valence-corrected chi connectivity index (χ1v) is 5.43. The van der Waals surface area contributed by atoms with Gasteiger partial charge in [0.1, 0.15) is 5.75 Å². The van der Waals surface area contributed by atoms with Crippen LogP contribution < -0.4 is 10.4 Å². The Morgan fingerprint density at radius 3 is 2.65 bits per heavy atom. The topological polar surface area (TPSA) is 52.6 Å². The van der Waals surface area contributed by atoms with Crippen LogP contribution in [-0.2, 0) is 0 Å². The van der Waals surface area contributed by atoms with Gasteiger partial charge in [-0.2, -0.15) is 0 Å². The molecule has 2 rings (SSSR count). The molecule has 90 valence electrons. The van der Waals surface area contributed by atoms with Gasteiger partial charge in [0, 0.05) is 6.07 Å². The molecule has 0 radical (unpaired) electrons. The van der Waals surface area contributed by atoms with Crippen LogP contribution in [0.2, 0.25) is 0 Å². The maximum atomic E-state index is 11.6. The molecule has 0 aliphatic heterocycles. The monoisotopic (exact) mass is 234 g/mol. The molecular formula is C13H14O4. The summed E-state index contributed by atoms with van der Waals surface area (Å²) in [7, 11) is 0. The fraction of sp³-hybridized carbons (Fsp3) is 0.308. The van der Waals surface area contributed by atoms with Crippen LogP contribution in [0.3, 0.4) is 0 Å². The molecule has 0 saturated carbocycles. The first-order valence-electron chi connectivity index (χ1n) is 5.43. The van der Waals surface area contributed by atoms with Gasteiger partial charge in [0.25, 0.3) is 0 Å². The highest BCUT2D eigenvalue weighted by atomic mass is 16.5. The van der Waals surface area contributed by atoms with E-state index in [0.717, 1.165) is 0 Å². The first kappa shape index (κ1) is 11.5. The number of hydrogen-bond acceptors (Lipinski definition) is 4. The van der Waals surface area contributed by atoms with Crippen molar-refractivity contribution in [2.75, 3.05) is 0 Å². The summed E-state index contributed by atoms with van der Waals surface area (Å²) < 4.78 is 15.9. The van der Waals surface area contributed by atoms with E-state index < -0.39 is 5.63 Å². The maximum absolute atomic E-state index is 11.6. The molecule has 0 saturated heterocycles. The van der Waals surface area contributed by atoms with Gasteiger partial charge in [-0.25, -0.2) is 4.79 Å². The van der Waals surface area contributed by atoms with Crippen molar-refractivity contribution in [1.29, 1.82) is 0 Å². The van der Waals surface area contributed by atoms with Crippen molar-refractivity contribution in [3.05, 3.63) is 40.4 Å². The van der Waals surface area contributed by atoms with Crippen LogP contribution in [0.5, 0.6) is 5.75 Å². The van der Waals surface area contributed by atoms with Crippen LogP contribution in [0.25, 0.3) is 11.5 Å². The van der Waals surface area contributed by atoms with E-state index in [0.29, 0.717) is 22.8 Å². The Bertz CT molecular complexity index is 549. The van der Waals surface area contributed by atoms with Crippen LogP contribution in [0, 0.1) is 6.92 Å². The lowest BCUT2D eigenvalue weighted by Crippen LogP contribution is -2.12. The second kappa shape index (κ2) is 4.49. The molecule has 4 heteroatoms. The van der Waals surface area contributed by atoms with E-state index in [-0.39, 0.29) is 6.10 Å². The van der Waals surface area contributed by atoms with Crippen LogP contribution in [0.15, 0.2) is 38.1 Å². The first-order chi connectivity index (χ1) is 8.08. The minimum atomic E-state index is -0.408. The molecule has 0 N–H and O–H groups in total. The molecule has 0 aliphatic carbocycles. The Kier molecular flexibility index (Phi) is 3.04. The molecule has 17 heavy (non-hydrogen) atoms. The fourth-order valence-corrected chi connectivity index (χ4v) is 1.45. The van der Waals surface area contributed by atoms with Gasteiger partial charge in [0.15, 0.2) is 11.5 Å². The lowest BCUT2D eigenvalue weighted by atomic mass is 10.2. The normalized spacial score (nSPS) is 10.8. The van der Waals surface area contributed by atoms with Gasteiger partial charge in [-0.3, -0.25) is 0 Å². The van der Waals surface area contributed by atoms with Crippen molar-refractivity contribution < 1.29 is 13.6 Å². The number of rotatable bonds is 3. The zero-order chi connectivity index (χ0) is 12.4. The molecule has 0 bridgehead atoms. The quantitative estimate of drug-likeness (QED) is 0.819. The summed E-state index contributed by atoms with van der Waals surface area (Å²) in [4.78, 5) is 11.6. The van der Waals surface area contributed by atoms with E-state index in [9.17, 15) is 4.79 Å². The van der Waals surface area contributed by atoms with Crippen molar-refractivity contribution in [3.8, 4) is 17.3 Å². The van der Waals surface area contributed by atoms with Crippen molar-refractivity contribution in [3.63, 3.8) is 0 Å². The summed E-state index contributed by atoms with van der Waals surface area (Å²) >= 11 is 0. The largest absolute Gasteiger partial charge is 0.490 e. The lowest BCUT2D eigenvalue weighted by molar-refractivity contribution is 0.238. The molecule has 0 aliphatic rings. The molecule has 0 spiro atoms. The maximum Gasteiger partial charge on any atom is 0.343 e. The molecule has 2 aromatic rings. The van der Waals surface area contributed by atoms with E-state index >= 15 is 0 Å². The van der Waals surface area contributed by atoms with Crippen LogP contribution >= 0.6 is 0 Å². The number of hydrogen-bond donors (Lipinski definition) is 0. The van der Waals surface area contributed by atoms with Crippen molar-refractivity contribution >= 4 is 0 Å². The second-order valence-electron chi connectivity index (χ2n) is 4.03. The van der Waals surface area contributed by atoms with Crippen molar-refractivity contribution in [2.24, 2.45) is 0 Å². The highest BCUT2D eigenvalue weighted by molar-refractivity contribution is 5.52.